The summed E-state index contributed by atoms with van der Waals surface area (Å²) in [5.74, 6) is -0.754. The van der Waals surface area contributed by atoms with Crippen LogP contribution in [0.1, 0.15) is 35.8 Å². The first-order chi connectivity index (χ1) is 15.8. The molecule has 1 atom stereocenters. The van der Waals surface area contributed by atoms with Gasteiger partial charge in [-0.2, -0.15) is 0 Å². The zero-order valence-corrected chi connectivity index (χ0v) is 19.5. The zero-order chi connectivity index (χ0) is 23.8. The predicted molar refractivity (Wildman–Crippen MR) is 128 cm³/mol. The second-order valence-corrected chi connectivity index (χ2v) is 9.18. The van der Waals surface area contributed by atoms with Gasteiger partial charge in [0.1, 0.15) is 5.82 Å². The van der Waals surface area contributed by atoms with Crippen LogP contribution in [-0.4, -0.2) is 38.9 Å². The summed E-state index contributed by atoms with van der Waals surface area (Å²) in [7, 11) is -3.85. The van der Waals surface area contributed by atoms with Gasteiger partial charge in [0.2, 0.25) is 0 Å². The standard InChI is InChI=1S/C25H28FN3O3S/c1-3-29(4-2)24(19-8-6-5-7-9-19)18-27-25(30)20-10-14-22(15-11-20)28-33(31,32)23-16-12-21(26)13-17-23/h5-17,24,28H,3-4,18H2,1-2H3,(H,27,30). The lowest BCUT2D eigenvalue weighted by molar-refractivity contribution is 0.0935. The Labute approximate surface area is 194 Å². The van der Waals surface area contributed by atoms with Crippen LogP contribution in [0.3, 0.4) is 0 Å². The fraction of sp³-hybridized carbons (Fsp3) is 0.240. The SMILES string of the molecule is CCN(CC)C(CNC(=O)c1ccc(NS(=O)(=O)c2ccc(F)cc2)cc1)c1ccccc1. The van der Waals surface area contributed by atoms with Crippen LogP contribution in [0.25, 0.3) is 0 Å². The number of carbonyl (C=O) groups excluding carboxylic acids is 1. The van der Waals surface area contributed by atoms with Gasteiger partial charge in [-0.1, -0.05) is 44.2 Å². The molecule has 1 amide bonds. The number of likely N-dealkylation sites (N-methyl/N-ethyl adjacent to an activating group) is 1. The van der Waals surface area contributed by atoms with Crippen LogP contribution in [-0.2, 0) is 10.0 Å². The number of carbonyl (C=O) groups is 1. The van der Waals surface area contributed by atoms with Gasteiger partial charge in [0.25, 0.3) is 15.9 Å². The van der Waals surface area contributed by atoms with Gasteiger partial charge >= 0.3 is 0 Å². The molecule has 0 fully saturated rings. The Morgan fingerprint density at radius 3 is 2.09 bits per heavy atom. The third kappa shape index (κ3) is 6.40. The van der Waals surface area contributed by atoms with Crippen molar-refractivity contribution < 1.29 is 17.6 Å². The molecule has 0 spiro atoms. The average Bonchev–Trinajstić information content (AvgIpc) is 2.82. The van der Waals surface area contributed by atoms with E-state index in [4.69, 9.17) is 0 Å². The Hall–Kier alpha value is -3.23. The minimum Gasteiger partial charge on any atom is -0.350 e. The number of rotatable bonds is 10. The molecule has 0 heterocycles. The van der Waals surface area contributed by atoms with E-state index < -0.39 is 15.8 Å². The molecule has 0 radical (unpaired) electrons. The van der Waals surface area contributed by atoms with E-state index in [1.165, 1.54) is 24.3 Å². The van der Waals surface area contributed by atoms with Gasteiger partial charge in [-0.05, 0) is 67.2 Å². The number of sulfonamides is 1. The predicted octanol–water partition coefficient (Wildman–Crippen LogP) is 4.44. The quantitative estimate of drug-likeness (QED) is 0.460. The summed E-state index contributed by atoms with van der Waals surface area (Å²) in [4.78, 5) is 15.0. The highest BCUT2D eigenvalue weighted by Gasteiger charge is 2.19. The number of nitrogens with zero attached hydrogens (tertiary/aromatic N) is 1. The Kier molecular flexibility index (Phi) is 8.19. The van der Waals surface area contributed by atoms with Gasteiger partial charge in [0.05, 0.1) is 10.9 Å². The summed E-state index contributed by atoms with van der Waals surface area (Å²) in [6, 6.07) is 20.8. The summed E-state index contributed by atoms with van der Waals surface area (Å²) < 4.78 is 40.4. The highest BCUT2D eigenvalue weighted by Crippen LogP contribution is 2.20. The van der Waals surface area contributed by atoms with Crippen molar-refractivity contribution in [3.63, 3.8) is 0 Å². The van der Waals surface area contributed by atoms with Crippen molar-refractivity contribution in [1.29, 1.82) is 0 Å². The van der Waals surface area contributed by atoms with E-state index in [-0.39, 0.29) is 16.8 Å². The smallest absolute Gasteiger partial charge is 0.261 e. The fourth-order valence-corrected chi connectivity index (χ4v) is 4.66. The van der Waals surface area contributed by atoms with Crippen molar-refractivity contribution in [1.82, 2.24) is 10.2 Å². The summed E-state index contributed by atoms with van der Waals surface area (Å²) >= 11 is 0. The molecule has 2 N–H and O–H groups in total. The van der Waals surface area contributed by atoms with Gasteiger partial charge in [-0.25, -0.2) is 12.8 Å². The maximum absolute atomic E-state index is 13.1. The maximum Gasteiger partial charge on any atom is 0.261 e. The van der Waals surface area contributed by atoms with Crippen molar-refractivity contribution in [2.45, 2.75) is 24.8 Å². The topological polar surface area (TPSA) is 78.5 Å². The van der Waals surface area contributed by atoms with Crippen molar-refractivity contribution in [2.24, 2.45) is 0 Å². The van der Waals surface area contributed by atoms with Crippen LogP contribution in [0.4, 0.5) is 10.1 Å². The number of hydrogen-bond acceptors (Lipinski definition) is 4. The summed E-state index contributed by atoms with van der Waals surface area (Å²) in [6.07, 6.45) is 0. The van der Waals surface area contributed by atoms with E-state index in [1.54, 1.807) is 12.1 Å². The molecule has 8 heteroatoms. The molecule has 0 saturated heterocycles. The second kappa shape index (κ2) is 11.1. The molecule has 3 rings (SSSR count). The van der Waals surface area contributed by atoms with Gasteiger partial charge in [0.15, 0.2) is 0 Å². The van der Waals surface area contributed by atoms with Crippen LogP contribution >= 0.6 is 0 Å². The Morgan fingerprint density at radius 1 is 0.909 bits per heavy atom. The lowest BCUT2D eigenvalue weighted by atomic mass is 10.0. The first kappa shape index (κ1) is 24.4. The molecule has 3 aromatic carbocycles. The molecule has 0 aromatic heterocycles. The van der Waals surface area contributed by atoms with Crippen LogP contribution in [0.15, 0.2) is 83.8 Å². The van der Waals surface area contributed by atoms with E-state index in [1.807, 2.05) is 18.2 Å². The van der Waals surface area contributed by atoms with E-state index in [0.717, 1.165) is 30.8 Å². The highest BCUT2D eigenvalue weighted by molar-refractivity contribution is 7.92. The first-order valence-electron chi connectivity index (χ1n) is 10.8. The molecule has 0 bridgehead atoms. The zero-order valence-electron chi connectivity index (χ0n) is 18.7. The number of nitrogens with one attached hydrogen (secondary N) is 2. The third-order valence-electron chi connectivity index (χ3n) is 5.42. The van der Waals surface area contributed by atoms with E-state index in [9.17, 15) is 17.6 Å². The van der Waals surface area contributed by atoms with Crippen LogP contribution in [0, 0.1) is 5.82 Å². The van der Waals surface area contributed by atoms with Crippen LogP contribution < -0.4 is 10.0 Å². The average molecular weight is 470 g/mol. The number of amides is 1. The molecular formula is C25H28FN3O3S. The summed E-state index contributed by atoms with van der Waals surface area (Å²) in [5.41, 5.74) is 1.86. The molecule has 0 aliphatic carbocycles. The minimum atomic E-state index is -3.85. The molecule has 1 unspecified atom stereocenters. The molecular weight excluding hydrogens is 441 g/mol. The van der Waals surface area contributed by atoms with Crippen molar-refractivity contribution >= 4 is 21.6 Å². The Morgan fingerprint density at radius 2 is 1.52 bits per heavy atom. The normalized spacial score (nSPS) is 12.4. The monoisotopic (exact) mass is 469 g/mol. The van der Waals surface area contributed by atoms with Crippen LogP contribution in [0.2, 0.25) is 0 Å². The van der Waals surface area contributed by atoms with Crippen molar-refractivity contribution in [2.75, 3.05) is 24.4 Å². The molecule has 6 nitrogen and oxygen atoms in total. The van der Waals surface area contributed by atoms with Crippen LogP contribution in [0.5, 0.6) is 0 Å². The molecule has 174 valence electrons. The third-order valence-corrected chi connectivity index (χ3v) is 6.81. The summed E-state index contributed by atoms with van der Waals surface area (Å²) in [6.45, 7) is 6.34. The van der Waals surface area contributed by atoms with Gasteiger partial charge < -0.3 is 5.32 Å². The minimum absolute atomic E-state index is 0.0472. The molecule has 0 aliphatic heterocycles. The lowest BCUT2D eigenvalue weighted by Crippen LogP contribution is -2.38. The molecule has 0 aliphatic rings. The number of hydrogen-bond donors (Lipinski definition) is 2. The van der Waals surface area contributed by atoms with E-state index in [0.29, 0.717) is 17.8 Å². The fourth-order valence-electron chi connectivity index (χ4n) is 3.61. The number of halogens is 1. The van der Waals surface area contributed by atoms with Gasteiger partial charge in [-0.3, -0.25) is 14.4 Å². The Balaban J connectivity index is 1.66. The van der Waals surface area contributed by atoms with Crippen molar-refractivity contribution in [3.8, 4) is 0 Å². The highest BCUT2D eigenvalue weighted by atomic mass is 32.2. The van der Waals surface area contributed by atoms with Gasteiger partial charge in [0, 0.05) is 17.8 Å². The van der Waals surface area contributed by atoms with E-state index >= 15 is 0 Å². The lowest BCUT2D eigenvalue weighted by Gasteiger charge is -2.30. The van der Waals surface area contributed by atoms with Crippen molar-refractivity contribution in [3.05, 3.63) is 95.8 Å². The number of anilines is 1. The molecule has 33 heavy (non-hydrogen) atoms. The summed E-state index contributed by atoms with van der Waals surface area (Å²) in [5, 5.41) is 2.99. The van der Waals surface area contributed by atoms with Gasteiger partial charge in [-0.15, -0.1) is 0 Å². The second-order valence-electron chi connectivity index (χ2n) is 7.49. The maximum atomic E-state index is 13.1. The largest absolute Gasteiger partial charge is 0.350 e. The number of benzene rings is 3. The Bertz CT molecular complexity index is 1150. The first-order valence-corrected chi connectivity index (χ1v) is 12.3. The molecule has 3 aromatic rings. The molecule has 0 saturated carbocycles. The van der Waals surface area contributed by atoms with E-state index in [2.05, 4.69) is 40.9 Å².